The third-order valence-corrected chi connectivity index (χ3v) is 1.34. The van der Waals surface area contributed by atoms with E-state index >= 15 is 0 Å². The molecule has 1 aromatic carbocycles. The minimum absolute atomic E-state index is 0.269. The molecular formula is C10H15NO3. The topological polar surface area (TPSA) is 58.6 Å². The second kappa shape index (κ2) is 6.91. The molecule has 0 radical (unpaired) electrons. The molecule has 0 aliphatic rings. The van der Waals surface area contributed by atoms with Gasteiger partial charge >= 0.3 is 5.97 Å². The largest absolute Gasteiger partial charge is 0.497 e. The number of ether oxygens (including phenoxy) is 1. The Morgan fingerprint density at radius 2 is 1.71 bits per heavy atom. The van der Waals surface area contributed by atoms with Gasteiger partial charge in [0.25, 0.3) is 0 Å². The van der Waals surface area contributed by atoms with E-state index in [0.29, 0.717) is 5.75 Å². The van der Waals surface area contributed by atoms with E-state index in [2.05, 4.69) is 5.32 Å². The van der Waals surface area contributed by atoms with E-state index in [1.165, 1.54) is 19.2 Å². The molecule has 2 N–H and O–H groups in total. The van der Waals surface area contributed by atoms with Gasteiger partial charge in [0.05, 0.1) is 12.7 Å². The maximum atomic E-state index is 10.4. The van der Waals surface area contributed by atoms with Crippen LogP contribution in [0, 0.1) is 0 Å². The summed E-state index contributed by atoms with van der Waals surface area (Å²) in [6, 6.07) is 6.23. The lowest BCUT2D eigenvalue weighted by Crippen LogP contribution is -1.95. The molecule has 1 rings (SSSR count). The number of rotatable bonds is 2. The van der Waals surface area contributed by atoms with E-state index in [1.807, 2.05) is 14.1 Å². The Morgan fingerprint density at radius 1 is 1.29 bits per heavy atom. The number of hydrogen-bond donors (Lipinski definition) is 2. The van der Waals surface area contributed by atoms with Gasteiger partial charge in [-0.25, -0.2) is 4.79 Å². The van der Waals surface area contributed by atoms with E-state index in [9.17, 15) is 4.79 Å². The van der Waals surface area contributed by atoms with Crippen LogP contribution in [0.1, 0.15) is 10.4 Å². The predicted octanol–water partition coefficient (Wildman–Crippen LogP) is 1.23. The molecule has 0 saturated carbocycles. The van der Waals surface area contributed by atoms with Crippen LogP contribution in [-0.2, 0) is 0 Å². The Kier molecular flexibility index (Phi) is 6.15. The Hall–Kier alpha value is -1.55. The summed E-state index contributed by atoms with van der Waals surface area (Å²) in [4.78, 5) is 10.4. The first-order valence-electron chi connectivity index (χ1n) is 4.11. The highest BCUT2D eigenvalue weighted by atomic mass is 16.5. The molecule has 0 aromatic heterocycles. The van der Waals surface area contributed by atoms with Crippen molar-refractivity contribution in [3.63, 3.8) is 0 Å². The molecule has 0 aliphatic carbocycles. The molecule has 0 spiro atoms. The van der Waals surface area contributed by atoms with E-state index in [1.54, 1.807) is 12.1 Å². The summed E-state index contributed by atoms with van der Waals surface area (Å²) in [5.41, 5.74) is 0.269. The second-order valence-corrected chi connectivity index (χ2v) is 2.53. The molecule has 0 heterocycles. The lowest BCUT2D eigenvalue weighted by molar-refractivity contribution is 0.0697. The van der Waals surface area contributed by atoms with E-state index < -0.39 is 5.97 Å². The number of hydrogen-bond acceptors (Lipinski definition) is 3. The van der Waals surface area contributed by atoms with Crippen LogP contribution in [0.4, 0.5) is 0 Å². The first kappa shape index (κ1) is 12.4. The molecule has 0 aliphatic heterocycles. The summed E-state index contributed by atoms with van der Waals surface area (Å²) in [5.74, 6) is -0.261. The lowest BCUT2D eigenvalue weighted by atomic mass is 10.2. The van der Waals surface area contributed by atoms with Crippen molar-refractivity contribution in [3.05, 3.63) is 29.8 Å². The van der Waals surface area contributed by atoms with Crippen molar-refractivity contribution < 1.29 is 14.6 Å². The van der Waals surface area contributed by atoms with Crippen LogP contribution >= 0.6 is 0 Å². The standard InChI is InChI=1S/C8H8O3.C2H7N/c1-11-7-4-2-6(3-5-7)8(9)10;1-3-2/h2-5H,1H3,(H,9,10);3H,1-2H3. The Bertz CT molecular complexity index is 269. The van der Waals surface area contributed by atoms with Crippen molar-refractivity contribution in [1.29, 1.82) is 0 Å². The van der Waals surface area contributed by atoms with Crippen LogP contribution < -0.4 is 10.1 Å². The summed E-state index contributed by atoms with van der Waals surface area (Å²) >= 11 is 0. The van der Waals surface area contributed by atoms with Crippen molar-refractivity contribution in [2.45, 2.75) is 0 Å². The molecular weight excluding hydrogens is 182 g/mol. The fourth-order valence-corrected chi connectivity index (χ4v) is 0.734. The Morgan fingerprint density at radius 3 is 2.00 bits per heavy atom. The highest BCUT2D eigenvalue weighted by Gasteiger charge is 2.00. The van der Waals surface area contributed by atoms with Gasteiger partial charge in [0.1, 0.15) is 5.75 Å². The molecule has 1 aromatic rings. The maximum Gasteiger partial charge on any atom is 0.335 e. The van der Waals surface area contributed by atoms with Crippen LogP contribution in [0.3, 0.4) is 0 Å². The number of methoxy groups -OCH3 is 1. The summed E-state index contributed by atoms with van der Waals surface area (Å²) in [5, 5.41) is 11.3. The molecule has 78 valence electrons. The van der Waals surface area contributed by atoms with Crippen molar-refractivity contribution >= 4 is 5.97 Å². The average molecular weight is 197 g/mol. The van der Waals surface area contributed by atoms with Crippen molar-refractivity contribution in [2.24, 2.45) is 0 Å². The zero-order chi connectivity index (χ0) is 11.0. The minimum Gasteiger partial charge on any atom is -0.497 e. The molecule has 14 heavy (non-hydrogen) atoms. The molecule has 4 nitrogen and oxygen atoms in total. The van der Waals surface area contributed by atoms with E-state index in [-0.39, 0.29) is 5.56 Å². The van der Waals surface area contributed by atoms with Gasteiger partial charge in [-0.2, -0.15) is 0 Å². The zero-order valence-electron chi connectivity index (χ0n) is 8.57. The van der Waals surface area contributed by atoms with E-state index in [0.717, 1.165) is 0 Å². The SMILES string of the molecule is CNC.COc1ccc(C(=O)O)cc1. The number of carbonyl (C=O) groups is 1. The van der Waals surface area contributed by atoms with Gasteiger partial charge in [-0.05, 0) is 38.4 Å². The van der Waals surface area contributed by atoms with Crippen LogP contribution in [0.15, 0.2) is 24.3 Å². The van der Waals surface area contributed by atoms with Crippen LogP contribution in [0.2, 0.25) is 0 Å². The number of carboxylic acids is 1. The Labute approximate surface area is 83.5 Å². The van der Waals surface area contributed by atoms with Crippen molar-refractivity contribution in [2.75, 3.05) is 21.2 Å². The van der Waals surface area contributed by atoms with Gasteiger partial charge in [0, 0.05) is 0 Å². The Balaban J connectivity index is 0.000000500. The highest BCUT2D eigenvalue weighted by molar-refractivity contribution is 5.87. The van der Waals surface area contributed by atoms with Gasteiger partial charge in [0.2, 0.25) is 0 Å². The molecule has 0 amide bonds. The number of benzene rings is 1. The fraction of sp³-hybridized carbons (Fsp3) is 0.300. The monoisotopic (exact) mass is 197 g/mol. The van der Waals surface area contributed by atoms with Crippen LogP contribution in [0.5, 0.6) is 5.75 Å². The summed E-state index contributed by atoms with van der Waals surface area (Å²) in [6.45, 7) is 0. The first-order valence-corrected chi connectivity index (χ1v) is 4.11. The van der Waals surface area contributed by atoms with Crippen molar-refractivity contribution in [1.82, 2.24) is 5.32 Å². The lowest BCUT2D eigenvalue weighted by Gasteiger charge is -1.98. The third-order valence-electron chi connectivity index (χ3n) is 1.34. The second-order valence-electron chi connectivity index (χ2n) is 2.53. The quantitative estimate of drug-likeness (QED) is 0.748. The summed E-state index contributed by atoms with van der Waals surface area (Å²) in [7, 11) is 5.29. The zero-order valence-corrected chi connectivity index (χ0v) is 8.57. The number of carboxylic acid groups (broad SMARTS) is 1. The molecule has 0 atom stereocenters. The smallest absolute Gasteiger partial charge is 0.335 e. The minimum atomic E-state index is -0.923. The highest BCUT2D eigenvalue weighted by Crippen LogP contribution is 2.10. The average Bonchev–Trinajstić information content (AvgIpc) is 2.19. The summed E-state index contributed by atoms with van der Waals surface area (Å²) < 4.78 is 4.86. The molecule has 0 fully saturated rings. The van der Waals surface area contributed by atoms with Crippen molar-refractivity contribution in [3.8, 4) is 5.75 Å². The third kappa shape index (κ3) is 4.47. The van der Waals surface area contributed by atoms with Crippen LogP contribution in [0.25, 0.3) is 0 Å². The molecule has 4 heteroatoms. The molecule has 0 saturated heterocycles. The normalized spacial score (nSPS) is 8.50. The van der Waals surface area contributed by atoms with Gasteiger partial charge < -0.3 is 15.2 Å². The van der Waals surface area contributed by atoms with Gasteiger partial charge in [-0.1, -0.05) is 0 Å². The van der Waals surface area contributed by atoms with Gasteiger partial charge in [-0.3, -0.25) is 0 Å². The van der Waals surface area contributed by atoms with Crippen LogP contribution in [-0.4, -0.2) is 32.3 Å². The predicted molar refractivity (Wildman–Crippen MR) is 54.9 cm³/mol. The molecule has 0 unspecified atom stereocenters. The summed E-state index contributed by atoms with van der Waals surface area (Å²) in [6.07, 6.45) is 0. The van der Waals surface area contributed by atoms with Gasteiger partial charge in [0.15, 0.2) is 0 Å². The van der Waals surface area contributed by atoms with E-state index in [4.69, 9.17) is 9.84 Å². The first-order chi connectivity index (χ1) is 6.65. The van der Waals surface area contributed by atoms with Gasteiger partial charge in [-0.15, -0.1) is 0 Å². The fourth-order valence-electron chi connectivity index (χ4n) is 0.734. The molecule has 0 bridgehead atoms. The number of nitrogens with one attached hydrogen (secondary N) is 1. The maximum absolute atomic E-state index is 10.4. The number of aromatic carboxylic acids is 1.